The molecular formula is C20H30O5. The van der Waals surface area contributed by atoms with Crippen LogP contribution >= 0.6 is 0 Å². The van der Waals surface area contributed by atoms with Crippen LogP contribution < -0.4 is 0 Å². The maximum Gasteiger partial charge on any atom is 0.268 e. The molecule has 2 aliphatic rings. The summed E-state index contributed by atoms with van der Waals surface area (Å²) in [6.07, 6.45) is 3.21. The molecule has 5 heteroatoms. The quantitative estimate of drug-likeness (QED) is 0.555. The molecule has 5 nitrogen and oxygen atoms in total. The monoisotopic (exact) mass is 350 g/mol. The zero-order valence-corrected chi connectivity index (χ0v) is 16.4. The Morgan fingerprint density at radius 2 is 1.60 bits per heavy atom. The normalized spacial score (nSPS) is 27.8. The predicted molar refractivity (Wildman–Crippen MR) is 94.6 cm³/mol. The van der Waals surface area contributed by atoms with E-state index in [9.17, 15) is 9.59 Å². The maximum absolute atomic E-state index is 13.1. The maximum atomic E-state index is 13.1. The zero-order chi connectivity index (χ0) is 19.0. The van der Waals surface area contributed by atoms with Gasteiger partial charge in [-0.1, -0.05) is 13.8 Å². The number of allylic oxidation sites excluding steroid dienone is 2. The summed E-state index contributed by atoms with van der Waals surface area (Å²) in [4.78, 5) is 25.9. The summed E-state index contributed by atoms with van der Waals surface area (Å²) in [5.41, 5.74) is -0.261. The van der Waals surface area contributed by atoms with Crippen molar-refractivity contribution >= 4 is 11.6 Å². The third kappa shape index (κ3) is 3.46. The lowest BCUT2D eigenvalue weighted by Crippen LogP contribution is -2.41. The molecule has 1 fully saturated rings. The van der Waals surface area contributed by atoms with Crippen molar-refractivity contribution in [3.05, 3.63) is 23.4 Å². The molecule has 0 aliphatic heterocycles. The number of ether oxygens (including phenoxy) is 3. The molecule has 1 spiro atoms. The van der Waals surface area contributed by atoms with Crippen LogP contribution in [0.3, 0.4) is 0 Å². The lowest BCUT2D eigenvalue weighted by molar-refractivity contribution is -0.139. The van der Waals surface area contributed by atoms with Crippen molar-refractivity contribution in [3.63, 3.8) is 0 Å². The van der Waals surface area contributed by atoms with Crippen molar-refractivity contribution in [1.29, 1.82) is 0 Å². The van der Waals surface area contributed by atoms with Crippen molar-refractivity contribution in [2.75, 3.05) is 7.11 Å². The van der Waals surface area contributed by atoms with E-state index in [0.29, 0.717) is 18.6 Å². The summed E-state index contributed by atoms with van der Waals surface area (Å²) in [6, 6.07) is 0. The zero-order valence-electron chi connectivity index (χ0n) is 16.4. The van der Waals surface area contributed by atoms with Gasteiger partial charge in [-0.05, 0) is 57.9 Å². The molecule has 0 heterocycles. The molecule has 0 aromatic heterocycles. The van der Waals surface area contributed by atoms with Gasteiger partial charge in [0.05, 0.1) is 25.6 Å². The first-order valence-corrected chi connectivity index (χ1v) is 8.94. The third-order valence-corrected chi connectivity index (χ3v) is 4.76. The fourth-order valence-electron chi connectivity index (χ4n) is 3.67. The van der Waals surface area contributed by atoms with Gasteiger partial charge in [-0.15, -0.1) is 0 Å². The molecule has 0 aromatic carbocycles. The van der Waals surface area contributed by atoms with Crippen LogP contribution in [0.5, 0.6) is 0 Å². The lowest BCUT2D eigenvalue weighted by atomic mass is 9.61. The number of methoxy groups -OCH3 is 1. The van der Waals surface area contributed by atoms with Crippen LogP contribution in [0.2, 0.25) is 0 Å². The van der Waals surface area contributed by atoms with Gasteiger partial charge in [0.1, 0.15) is 5.41 Å². The fraction of sp³-hybridized carbons (Fsp3) is 0.700. The van der Waals surface area contributed by atoms with E-state index in [-0.39, 0.29) is 23.4 Å². The Morgan fingerprint density at radius 3 is 2.12 bits per heavy atom. The number of rotatable bonds is 5. The van der Waals surface area contributed by atoms with Gasteiger partial charge in [0.2, 0.25) is 11.5 Å². The van der Waals surface area contributed by atoms with Crippen LogP contribution in [0, 0.1) is 10.8 Å². The Kier molecular flexibility index (Phi) is 5.35. The number of Topliss-reactive ketones (excluding diaryl/α,β-unsaturated/α-hetero) is 2. The van der Waals surface area contributed by atoms with Crippen molar-refractivity contribution in [3.8, 4) is 0 Å². The molecule has 0 bridgehead atoms. The van der Waals surface area contributed by atoms with Crippen LogP contribution in [0.1, 0.15) is 60.8 Å². The van der Waals surface area contributed by atoms with Crippen LogP contribution in [-0.4, -0.2) is 30.9 Å². The van der Waals surface area contributed by atoms with E-state index in [1.165, 1.54) is 0 Å². The SMILES string of the molecule is CO/C=C1\CC(C)(C)CCC12C(=O)C(=O)C(OC(C)C)=C2OC(C)C. The first-order valence-electron chi connectivity index (χ1n) is 8.94. The van der Waals surface area contributed by atoms with Gasteiger partial charge in [-0.2, -0.15) is 0 Å². The molecule has 0 aromatic rings. The molecule has 0 saturated heterocycles. The molecule has 25 heavy (non-hydrogen) atoms. The van der Waals surface area contributed by atoms with Crippen LogP contribution in [0.4, 0.5) is 0 Å². The fourth-order valence-corrected chi connectivity index (χ4v) is 3.67. The molecule has 0 N–H and O–H groups in total. The van der Waals surface area contributed by atoms with Gasteiger partial charge in [0.15, 0.2) is 5.76 Å². The second-order valence-electron chi connectivity index (χ2n) is 8.27. The summed E-state index contributed by atoms with van der Waals surface area (Å²) in [7, 11) is 1.56. The number of ketones is 2. The minimum absolute atomic E-state index is 0.0313. The number of carbonyl (C=O) groups is 2. The van der Waals surface area contributed by atoms with Crippen LogP contribution in [0.25, 0.3) is 0 Å². The summed E-state index contributed by atoms with van der Waals surface area (Å²) in [5.74, 6) is -0.621. The Hall–Kier alpha value is -1.78. The van der Waals surface area contributed by atoms with E-state index in [0.717, 1.165) is 12.0 Å². The van der Waals surface area contributed by atoms with Gasteiger partial charge in [0.25, 0.3) is 5.78 Å². The average molecular weight is 350 g/mol. The van der Waals surface area contributed by atoms with Crippen molar-refractivity contribution < 1.29 is 23.8 Å². The first-order chi connectivity index (χ1) is 11.5. The van der Waals surface area contributed by atoms with Gasteiger partial charge >= 0.3 is 0 Å². The Labute approximate surface area is 150 Å². The van der Waals surface area contributed by atoms with Crippen LogP contribution in [0.15, 0.2) is 23.4 Å². The van der Waals surface area contributed by atoms with E-state index in [4.69, 9.17) is 14.2 Å². The second kappa shape index (κ2) is 6.85. The minimum atomic E-state index is -1.09. The lowest BCUT2D eigenvalue weighted by Gasteiger charge is -2.42. The summed E-state index contributed by atoms with van der Waals surface area (Å²) < 4.78 is 17.0. The predicted octanol–water partition coefficient (Wildman–Crippen LogP) is 3.93. The van der Waals surface area contributed by atoms with Gasteiger partial charge in [-0.3, -0.25) is 9.59 Å². The third-order valence-electron chi connectivity index (χ3n) is 4.76. The molecule has 1 unspecified atom stereocenters. The average Bonchev–Trinajstić information content (AvgIpc) is 2.66. The minimum Gasteiger partial charge on any atom is -0.504 e. The second-order valence-corrected chi connectivity index (χ2v) is 8.27. The number of hydrogen-bond acceptors (Lipinski definition) is 5. The highest BCUT2D eigenvalue weighted by molar-refractivity contribution is 6.48. The molecule has 1 atom stereocenters. The number of carbonyl (C=O) groups excluding carboxylic acids is 2. The highest BCUT2D eigenvalue weighted by atomic mass is 16.5. The topological polar surface area (TPSA) is 61.8 Å². The molecular weight excluding hydrogens is 320 g/mol. The van der Waals surface area contributed by atoms with Crippen molar-refractivity contribution in [2.45, 2.75) is 73.0 Å². The molecule has 140 valence electrons. The van der Waals surface area contributed by atoms with Crippen LogP contribution in [-0.2, 0) is 23.8 Å². The smallest absolute Gasteiger partial charge is 0.268 e. The Morgan fingerprint density at radius 1 is 1.00 bits per heavy atom. The first kappa shape index (κ1) is 19.5. The van der Waals surface area contributed by atoms with Crippen molar-refractivity contribution in [2.24, 2.45) is 10.8 Å². The summed E-state index contributed by atoms with van der Waals surface area (Å²) >= 11 is 0. The largest absolute Gasteiger partial charge is 0.504 e. The summed E-state index contributed by atoms with van der Waals surface area (Å²) in [6.45, 7) is 11.7. The highest BCUT2D eigenvalue weighted by Crippen LogP contribution is 2.57. The highest BCUT2D eigenvalue weighted by Gasteiger charge is 2.61. The van der Waals surface area contributed by atoms with Gasteiger partial charge < -0.3 is 14.2 Å². The van der Waals surface area contributed by atoms with Crippen molar-refractivity contribution in [1.82, 2.24) is 0 Å². The van der Waals surface area contributed by atoms with E-state index >= 15 is 0 Å². The Bertz CT molecular complexity index is 624. The number of hydrogen-bond donors (Lipinski definition) is 0. The molecule has 0 amide bonds. The van der Waals surface area contributed by atoms with E-state index in [1.54, 1.807) is 13.4 Å². The molecule has 1 saturated carbocycles. The van der Waals surface area contributed by atoms with E-state index in [2.05, 4.69) is 13.8 Å². The standard InChI is InChI=1S/C20H30O5/c1-12(2)24-16-15(21)17(22)20(18(16)25-13(3)4)9-8-19(5,6)10-14(20)11-23-7/h11-13H,8-10H2,1-7H3/b14-11+. The molecule has 2 aliphatic carbocycles. The van der Waals surface area contributed by atoms with E-state index < -0.39 is 17.0 Å². The van der Waals surface area contributed by atoms with Gasteiger partial charge in [-0.25, -0.2) is 0 Å². The summed E-state index contributed by atoms with van der Waals surface area (Å²) in [5, 5.41) is 0. The molecule has 0 radical (unpaired) electrons. The van der Waals surface area contributed by atoms with Gasteiger partial charge in [0, 0.05) is 0 Å². The Balaban J connectivity index is 2.65. The molecule has 2 rings (SSSR count). The van der Waals surface area contributed by atoms with E-state index in [1.807, 2.05) is 27.7 Å².